The van der Waals surface area contributed by atoms with E-state index >= 15 is 0 Å². The van der Waals surface area contributed by atoms with Crippen molar-refractivity contribution >= 4 is 11.8 Å². The van der Waals surface area contributed by atoms with E-state index in [2.05, 4.69) is 52.0 Å². The monoisotopic (exact) mass is 376 g/mol. The van der Waals surface area contributed by atoms with Crippen molar-refractivity contribution in [3.63, 3.8) is 0 Å². The van der Waals surface area contributed by atoms with E-state index < -0.39 is 0 Å². The second-order valence-corrected chi connectivity index (χ2v) is 7.20. The second kappa shape index (κ2) is 7.80. The third-order valence-corrected chi connectivity index (χ3v) is 5.28. The Balaban J connectivity index is 1.52. The largest absolute Gasteiger partial charge is 0.356 e. The molecule has 0 unspecified atom stereocenters. The lowest BCUT2D eigenvalue weighted by molar-refractivity contribution is 0.426. The van der Waals surface area contributed by atoms with Crippen LogP contribution in [0.5, 0.6) is 0 Å². The van der Waals surface area contributed by atoms with Gasteiger partial charge in [0, 0.05) is 29.5 Å². The lowest BCUT2D eigenvalue weighted by Crippen LogP contribution is -2.00. The Kier molecular flexibility index (Phi) is 5.07. The third kappa shape index (κ3) is 3.80. The van der Waals surface area contributed by atoms with E-state index in [0.29, 0.717) is 5.75 Å². The molecule has 0 saturated carbocycles. The maximum atomic E-state index is 5.48. The van der Waals surface area contributed by atoms with Gasteiger partial charge < -0.3 is 9.09 Å². The van der Waals surface area contributed by atoms with Gasteiger partial charge in [-0.1, -0.05) is 71.0 Å². The molecule has 2 heterocycles. The van der Waals surface area contributed by atoms with E-state index in [1.54, 1.807) is 11.8 Å². The van der Waals surface area contributed by atoms with Crippen LogP contribution in [0.1, 0.15) is 18.2 Å². The van der Waals surface area contributed by atoms with Gasteiger partial charge >= 0.3 is 0 Å². The van der Waals surface area contributed by atoms with Crippen LogP contribution in [0.3, 0.4) is 0 Å². The van der Waals surface area contributed by atoms with Gasteiger partial charge in [-0.3, -0.25) is 0 Å². The minimum absolute atomic E-state index is 0.683. The summed E-state index contributed by atoms with van der Waals surface area (Å²) in [6, 6.07) is 20.3. The molecular weight excluding hydrogens is 356 g/mol. The van der Waals surface area contributed by atoms with Crippen molar-refractivity contribution in [3.05, 3.63) is 71.9 Å². The Bertz CT molecular complexity index is 1040. The van der Waals surface area contributed by atoms with Crippen LogP contribution in [-0.2, 0) is 12.3 Å². The van der Waals surface area contributed by atoms with Crippen molar-refractivity contribution in [1.29, 1.82) is 0 Å². The number of hydrogen-bond acceptors (Lipinski definition) is 5. The first kappa shape index (κ1) is 17.5. The molecule has 0 aliphatic carbocycles. The standard InChI is InChI=1S/C21H20N4OS/c1-3-25-20(17-11-7-8-15(2)12-17)22-23-21(25)27-14-18-13-19(26-24-18)16-9-5-4-6-10-16/h4-13H,3,14H2,1-2H3. The summed E-state index contributed by atoms with van der Waals surface area (Å²) in [5.41, 5.74) is 4.22. The highest BCUT2D eigenvalue weighted by Gasteiger charge is 2.14. The van der Waals surface area contributed by atoms with Gasteiger partial charge in [0.2, 0.25) is 0 Å². The molecule has 0 N–H and O–H groups in total. The van der Waals surface area contributed by atoms with Crippen LogP contribution in [0.15, 0.2) is 70.3 Å². The Morgan fingerprint density at radius 3 is 2.56 bits per heavy atom. The summed E-state index contributed by atoms with van der Waals surface area (Å²) in [5, 5.41) is 13.9. The zero-order valence-electron chi connectivity index (χ0n) is 15.3. The SMILES string of the molecule is CCn1c(SCc2cc(-c3ccccc3)on2)nnc1-c1cccc(C)c1. The minimum atomic E-state index is 0.683. The second-order valence-electron chi connectivity index (χ2n) is 6.26. The van der Waals surface area contributed by atoms with Crippen LogP contribution < -0.4 is 0 Å². The summed E-state index contributed by atoms with van der Waals surface area (Å²) in [5.74, 6) is 2.36. The van der Waals surface area contributed by atoms with Crippen LogP contribution in [0.25, 0.3) is 22.7 Å². The van der Waals surface area contributed by atoms with Gasteiger partial charge in [0.05, 0.1) is 5.69 Å². The zero-order valence-corrected chi connectivity index (χ0v) is 16.1. The highest BCUT2D eigenvalue weighted by molar-refractivity contribution is 7.98. The lowest BCUT2D eigenvalue weighted by Gasteiger charge is -2.07. The van der Waals surface area contributed by atoms with E-state index in [-0.39, 0.29) is 0 Å². The fourth-order valence-electron chi connectivity index (χ4n) is 2.94. The summed E-state index contributed by atoms with van der Waals surface area (Å²) in [6.07, 6.45) is 0. The molecule has 0 amide bonds. The number of benzene rings is 2. The smallest absolute Gasteiger partial charge is 0.191 e. The average molecular weight is 376 g/mol. The molecule has 2 aromatic heterocycles. The molecule has 0 saturated heterocycles. The molecule has 0 spiro atoms. The van der Waals surface area contributed by atoms with Crippen LogP contribution in [-0.4, -0.2) is 19.9 Å². The van der Waals surface area contributed by atoms with Crippen molar-refractivity contribution in [2.75, 3.05) is 0 Å². The molecule has 0 aliphatic rings. The summed E-state index contributed by atoms with van der Waals surface area (Å²) >= 11 is 1.62. The number of aromatic nitrogens is 4. The van der Waals surface area contributed by atoms with Gasteiger partial charge in [0.1, 0.15) is 0 Å². The predicted molar refractivity (Wildman–Crippen MR) is 107 cm³/mol. The summed E-state index contributed by atoms with van der Waals surface area (Å²) in [4.78, 5) is 0. The molecular formula is C21H20N4OS. The highest BCUT2D eigenvalue weighted by Crippen LogP contribution is 2.28. The molecule has 6 heteroatoms. The number of thioether (sulfide) groups is 1. The van der Waals surface area contributed by atoms with Gasteiger partial charge in [0.25, 0.3) is 0 Å². The molecule has 0 radical (unpaired) electrons. The topological polar surface area (TPSA) is 56.7 Å². The lowest BCUT2D eigenvalue weighted by atomic mass is 10.1. The van der Waals surface area contributed by atoms with E-state index in [0.717, 1.165) is 40.1 Å². The van der Waals surface area contributed by atoms with Gasteiger partial charge in [0.15, 0.2) is 16.7 Å². The predicted octanol–water partition coefficient (Wildman–Crippen LogP) is 5.22. The Morgan fingerprint density at radius 2 is 1.78 bits per heavy atom. The molecule has 2 aromatic carbocycles. The maximum Gasteiger partial charge on any atom is 0.191 e. The first-order valence-electron chi connectivity index (χ1n) is 8.88. The van der Waals surface area contributed by atoms with Crippen molar-refractivity contribution in [1.82, 2.24) is 19.9 Å². The first-order valence-corrected chi connectivity index (χ1v) is 9.87. The molecule has 0 atom stereocenters. The molecule has 0 fully saturated rings. The molecule has 4 rings (SSSR count). The van der Waals surface area contributed by atoms with Crippen LogP contribution >= 0.6 is 11.8 Å². The van der Waals surface area contributed by atoms with Gasteiger partial charge in [-0.2, -0.15) is 0 Å². The van der Waals surface area contributed by atoms with Crippen LogP contribution in [0.4, 0.5) is 0 Å². The third-order valence-electron chi connectivity index (χ3n) is 4.28. The summed E-state index contributed by atoms with van der Waals surface area (Å²) < 4.78 is 7.61. The van der Waals surface area contributed by atoms with E-state index in [1.807, 2.05) is 42.5 Å². The Labute approximate surface area is 162 Å². The van der Waals surface area contributed by atoms with Gasteiger partial charge in [-0.05, 0) is 19.9 Å². The summed E-state index contributed by atoms with van der Waals surface area (Å²) in [7, 11) is 0. The molecule has 136 valence electrons. The quantitative estimate of drug-likeness (QED) is 0.432. The maximum absolute atomic E-state index is 5.48. The van der Waals surface area contributed by atoms with Gasteiger partial charge in [-0.25, -0.2) is 0 Å². The number of rotatable bonds is 6. The summed E-state index contributed by atoms with van der Waals surface area (Å²) in [6.45, 7) is 5.00. The van der Waals surface area contributed by atoms with Gasteiger partial charge in [-0.15, -0.1) is 10.2 Å². The number of nitrogens with zero attached hydrogens (tertiary/aromatic N) is 4. The van der Waals surface area contributed by atoms with E-state index in [4.69, 9.17) is 4.52 Å². The number of hydrogen-bond donors (Lipinski definition) is 0. The molecule has 5 nitrogen and oxygen atoms in total. The number of aryl methyl sites for hydroxylation is 1. The van der Waals surface area contributed by atoms with Crippen molar-refractivity contribution in [3.8, 4) is 22.7 Å². The molecule has 0 aliphatic heterocycles. The fraction of sp³-hybridized carbons (Fsp3) is 0.190. The van der Waals surface area contributed by atoms with E-state index in [1.165, 1.54) is 5.56 Å². The minimum Gasteiger partial charge on any atom is -0.356 e. The zero-order chi connectivity index (χ0) is 18.6. The van der Waals surface area contributed by atoms with Crippen molar-refractivity contribution in [2.24, 2.45) is 0 Å². The van der Waals surface area contributed by atoms with Crippen molar-refractivity contribution in [2.45, 2.75) is 31.3 Å². The van der Waals surface area contributed by atoms with Crippen LogP contribution in [0, 0.1) is 6.92 Å². The first-order chi connectivity index (χ1) is 13.2. The highest BCUT2D eigenvalue weighted by atomic mass is 32.2. The average Bonchev–Trinajstić information content (AvgIpc) is 3.34. The normalized spacial score (nSPS) is 11.0. The van der Waals surface area contributed by atoms with Crippen LogP contribution in [0.2, 0.25) is 0 Å². The molecule has 0 bridgehead atoms. The van der Waals surface area contributed by atoms with Crippen molar-refractivity contribution < 1.29 is 4.52 Å². The Hall–Kier alpha value is -2.86. The molecule has 27 heavy (non-hydrogen) atoms. The van der Waals surface area contributed by atoms with E-state index in [9.17, 15) is 0 Å². The fourth-order valence-corrected chi connectivity index (χ4v) is 3.82. The Morgan fingerprint density at radius 1 is 0.963 bits per heavy atom. The molecule has 4 aromatic rings.